The third kappa shape index (κ3) is 4.77. The van der Waals surface area contributed by atoms with Crippen molar-refractivity contribution in [3.05, 3.63) is 0 Å². The van der Waals surface area contributed by atoms with Gasteiger partial charge in [0.15, 0.2) is 0 Å². The van der Waals surface area contributed by atoms with Crippen molar-refractivity contribution >= 4 is 5.97 Å². The maximum Gasteiger partial charge on any atom is 0.323 e. The molecule has 0 aromatic rings. The standard InChI is InChI=1S/C15H30N2O2/c1-5-15(16-4,14(18)19)9-6-10-17(11-12(2)3)13-7-8-13/h12-13,16H,5-11H2,1-4H3,(H,18,19). The van der Waals surface area contributed by atoms with Gasteiger partial charge in [-0.05, 0) is 51.6 Å². The third-order valence-corrected chi connectivity index (χ3v) is 4.20. The van der Waals surface area contributed by atoms with E-state index in [4.69, 9.17) is 0 Å². The zero-order chi connectivity index (χ0) is 14.5. The van der Waals surface area contributed by atoms with Gasteiger partial charge in [-0.25, -0.2) is 0 Å². The van der Waals surface area contributed by atoms with Crippen molar-refractivity contribution in [3.8, 4) is 0 Å². The van der Waals surface area contributed by atoms with Crippen LogP contribution >= 0.6 is 0 Å². The Bertz CT molecular complexity index is 284. The number of aliphatic carboxylic acids is 1. The van der Waals surface area contributed by atoms with Crippen molar-refractivity contribution in [3.63, 3.8) is 0 Å². The molecule has 0 heterocycles. The molecule has 1 rings (SSSR count). The summed E-state index contributed by atoms with van der Waals surface area (Å²) in [6.07, 6.45) is 4.92. The van der Waals surface area contributed by atoms with Crippen LogP contribution in [0, 0.1) is 5.92 Å². The van der Waals surface area contributed by atoms with Gasteiger partial charge in [0.2, 0.25) is 0 Å². The fourth-order valence-electron chi connectivity index (χ4n) is 2.76. The topological polar surface area (TPSA) is 52.6 Å². The summed E-state index contributed by atoms with van der Waals surface area (Å²) in [5.41, 5.74) is -0.743. The van der Waals surface area contributed by atoms with Gasteiger partial charge in [-0.15, -0.1) is 0 Å². The zero-order valence-electron chi connectivity index (χ0n) is 12.9. The van der Waals surface area contributed by atoms with Gasteiger partial charge in [-0.3, -0.25) is 4.79 Å². The largest absolute Gasteiger partial charge is 0.480 e. The molecular formula is C15H30N2O2. The van der Waals surface area contributed by atoms with Crippen LogP contribution in [0.15, 0.2) is 0 Å². The Labute approximate surface area is 117 Å². The number of likely N-dealkylation sites (N-methyl/N-ethyl adjacent to an activating group) is 1. The summed E-state index contributed by atoms with van der Waals surface area (Å²) < 4.78 is 0. The monoisotopic (exact) mass is 270 g/mol. The molecule has 4 heteroatoms. The number of nitrogens with one attached hydrogen (secondary N) is 1. The van der Waals surface area contributed by atoms with Crippen LogP contribution in [-0.2, 0) is 4.79 Å². The first-order valence-electron chi connectivity index (χ1n) is 7.61. The van der Waals surface area contributed by atoms with E-state index in [1.165, 1.54) is 12.8 Å². The van der Waals surface area contributed by atoms with Crippen molar-refractivity contribution in [2.24, 2.45) is 5.92 Å². The normalized spacial score (nSPS) is 18.8. The van der Waals surface area contributed by atoms with E-state index in [0.717, 1.165) is 25.6 Å². The average Bonchev–Trinajstić information content (AvgIpc) is 3.17. The minimum Gasteiger partial charge on any atom is -0.480 e. The highest BCUT2D eigenvalue weighted by Gasteiger charge is 2.35. The lowest BCUT2D eigenvalue weighted by Gasteiger charge is -2.30. The van der Waals surface area contributed by atoms with E-state index < -0.39 is 11.5 Å². The summed E-state index contributed by atoms with van der Waals surface area (Å²) in [6, 6.07) is 0.762. The maximum absolute atomic E-state index is 11.4. The van der Waals surface area contributed by atoms with Crippen LogP contribution in [0.4, 0.5) is 0 Å². The summed E-state index contributed by atoms with van der Waals surface area (Å²) in [7, 11) is 1.75. The predicted molar refractivity (Wildman–Crippen MR) is 78.4 cm³/mol. The van der Waals surface area contributed by atoms with E-state index in [2.05, 4.69) is 24.1 Å². The molecule has 1 atom stereocenters. The van der Waals surface area contributed by atoms with Gasteiger partial charge in [-0.1, -0.05) is 20.8 Å². The molecule has 1 aliphatic carbocycles. The highest BCUT2D eigenvalue weighted by atomic mass is 16.4. The van der Waals surface area contributed by atoms with Crippen molar-refractivity contribution in [1.29, 1.82) is 0 Å². The molecule has 0 spiro atoms. The van der Waals surface area contributed by atoms with Gasteiger partial charge in [0.25, 0.3) is 0 Å². The molecule has 0 amide bonds. The Morgan fingerprint density at radius 2 is 2.11 bits per heavy atom. The number of rotatable bonds is 10. The van der Waals surface area contributed by atoms with E-state index in [1.54, 1.807) is 7.05 Å². The minimum absolute atomic E-state index is 0.631. The van der Waals surface area contributed by atoms with Crippen LogP contribution in [0.25, 0.3) is 0 Å². The quantitative estimate of drug-likeness (QED) is 0.640. The van der Waals surface area contributed by atoms with E-state index in [1.807, 2.05) is 6.92 Å². The lowest BCUT2D eigenvalue weighted by Crippen LogP contribution is -2.50. The lowest BCUT2D eigenvalue weighted by atomic mass is 9.90. The van der Waals surface area contributed by atoms with E-state index >= 15 is 0 Å². The summed E-state index contributed by atoms with van der Waals surface area (Å²) in [5.74, 6) is -0.0420. The second-order valence-electron chi connectivity index (χ2n) is 6.21. The summed E-state index contributed by atoms with van der Waals surface area (Å²) in [5, 5.41) is 12.4. The number of hydrogen-bond acceptors (Lipinski definition) is 3. The third-order valence-electron chi connectivity index (χ3n) is 4.20. The molecule has 1 unspecified atom stereocenters. The van der Waals surface area contributed by atoms with Crippen molar-refractivity contribution < 1.29 is 9.90 Å². The van der Waals surface area contributed by atoms with E-state index in [-0.39, 0.29) is 0 Å². The lowest BCUT2D eigenvalue weighted by molar-refractivity contribution is -0.145. The molecule has 0 aromatic carbocycles. The summed E-state index contributed by atoms with van der Waals surface area (Å²) >= 11 is 0. The van der Waals surface area contributed by atoms with Gasteiger partial charge < -0.3 is 15.3 Å². The molecule has 1 aliphatic rings. The SMILES string of the molecule is CCC(CCCN(CC(C)C)C1CC1)(NC)C(=O)O. The van der Waals surface area contributed by atoms with Crippen molar-refractivity contribution in [2.45, 2.75) is 64.5 Å². The molecule has 1 fully saturated rings. The van der Waals surface area contributed by atoms with Gasteiger partial charge in [0, 0.05) is 12.6 Å². The Hall–Kier alpha value is -0.610. The first kappa shape index (κ1) is 16.4. The Balaban J connectivity index is 2.43. The highest BCUT2D eigenvalue weighted by Crippen LogP contribution is 2.28. The second-order valence-corrected chi connectivity index (χ2v) is 6.21. The number of carboxylic acids is 1. The van der Waals surface area contributed by atoms with Crippen LogP contribution in [0.1, 0.15) is 52.9 Å². The van der Waals surface area contributed by atoms with Crippen molar-refractivity contribution in [2.75, 3.05) is 20.1 Å². The number of nitrogens with zero attached hydrogens (tertiary/aromatic N) is 1. The average molecular weight is 270 g/mol. The molecular weight excluding hydrogens is 240 g/mol. The molecule has 112 valence electrons. The maximum atomic E-state index is 11.4. The Morgan fingerprint density at radius 3 is 2.47 bits per heavy atom. The number of carboxylic acid groups (broad SMARTS) is 1. The summed E-state index contributed by atoms with van der Waals surface area (Å²) in [4.78, 5) is 14.0. The van der Waals surface area contributed by atoms with E-state index in [0.29, 0.717) is 18.8 Å². The van der Waals surface area contributed by atoms with Gasteiger partial charge in [0.1, 0.15) is 5.54 Å². The van der Waals surface area contributed by atoms with E-state index in [9.17, 15) is 9.90 Å². The predicted octanol–water partition coefficient (Wildman–Crippen LogP) is 2.34. The van der Waals surface area contributed by atoms with Crippen LogP contribution in [0.2, 0.25) is 0 Å². The number of hydrogen-bond donors (Lipinski definition) is 2. The molecule has 0 aliphatic heterocycles. The summed E-state index contributed by atoms with van der Waals surface area (Å²) in [6.45, 7) is 8.60. The van der Waals surface area contributed by atoms with Crippen LogP contribution in [0.5, 0.6) is 0 Å². The molecule has 2 N–H and O–H groups in total. The Kier molecular flexibility index (Phi) is 6.27. The molecule has 0 radical (unpaired) electrons. The first-order chi connectivity index (χ1) is 8.95. The Morgan fingerprint density at radius 1 is 1.47 bits per heavy atom. The van der Waals surface area contributed by atoms with Crippen LogP contribution < -0.4 is 5.32 Å². The molecule has 4 nitrogen and oxygen atoms in total. The molecule has 1 saturated carbocycles. The van der Waals surface area contributed by atoms with Crippen LogP contribution in [0.3, 0.4) is 0 Å². The van der Waals surface area contributed by atoms with Gasteiger partial charge >= 0.3 is 5.97 Å². The smallest absolute Gasteiger partial charge is 0.323 e. The molecule has 0 bridgehead atoms. The zero-order valence-corrected chi connectivity index (χ0v) is 12.9. The first-order valence-corrected chi connectivity index (χ1v) is 7.61. The minimum atomic E-state index is -0.743. The molecule has 0 saturated heterocycles. The molecule has 19 heavy (non-hydrogen) atoms. The second kappa shape index (κ2) is 7.25. The fraction of sp³-hybridized carbons (Fsp3) is 0.933. The molecule has 0 aromatic heterocycles. The van der Waals surface area contributed by atoms with Crippen molar-refractivity contribution in [1.82, 2.24) is 10.2 Å². The highest BCUT2D eigenvalue weighted by molar-refractivity contribution is 5.78. The fourth-order valence-corrected chi connectivity index (χ4v) is 2.76. The van der Waals surface area contributed by atoms with Gasteiger partial charge in [0.05, 0.1) is 0 Å². The number of carbonyl (C=O) groups is 1. The van der Waals surface area contributed by atoms with Crippen LogP contribution in [-0.4, -0.2) is 47.7 Å². The van der Waals surface area contributed by atoms with Gasteiger partial charge in [-0.2, -0.15) is 0 Å².